The molecular weight excluding hydrogens is 274 g/mol. The molecule has 0 bridgehead atoms. The molecule has 1 amide bonds. The quantitative estimate of drug-likeness (QED) is 0.926. The van der Waals surface area contributed by atoms with Crippen molar-refractivity contribution >= 4 is 5.91 Å². The van der Waals surface area contributed by atoms with Gasteiger partial charge in [-0.1, -0.05) is 6.92 Å². The Labute approximate surface area is 123 Å². The van der Waals surface area contributed by atoms with Crippen molar-refractivity contribution in [1.82, 2.24) is 10.2 Å². The molecule has 21 heavy (non-hydrogen) atoms. The van der Waals surface area contributed by atoms with Crippen molar-refractivity contribution in [2.45, 2.75) is 51.4 Å². The third-order valence-electron chi connectivity index (χ3n) is 4.60. The standard InChI is InChI=1S/C16H20F2N2O/c1-3-14-16(21)20(9(2)10-4-5-10)15(19-14)12-7-6-11(17)8-13(12)18/h6-10,14-15,19H,3-5H2,1-2H3. The minimum absolute atomic E-state index is 0.0191. The number of hydrogen-bond acceptors (Lipinski definition) is 2. The van der Waals surface area contributed by atoms with Gasteiger partial charge in [0.15, 0.2) is 0 Å². The Morgan fingerprint density at radius 1 is 1.38 bits per heavy atom. The van der Waals surface area contributed by atoms with E-state index < -0.39 is 17.8 Å². The molecule has 0 spiro atoms. The molecule has 2 aliphatic rings. The number of benzene rings is 1. The molecule has 1 saturated heterocycles. The fraction of sp³-hybridized carbons (Fsp3) is 0.562. The highest BCUT2D eigenvalue weighted by Gasteiger charge is 2.45. The summed E-state index contributed by atoms with van der Waals surface area (Å²) in [6.45, 7) is 3.95. The molecule has 2 fully saturated rings. The number of amides is 1. The highest BCUT2D eigenvalue weighted by Crippen LogP contribution is 2.40. The fourth-order valence-corrected chi connectivity index (χ4v) is 3.15. The van der Waals surface area contributed by atoms with Crippen molar-refractivity contribution in [1.29, 1.82) is 0 Å². The maximum Gasteiger partial charge on any atom is 0.241 e. The van der Waals surface area contributed by atoms with Crippen LogP contribution >= 0.6 is 0 Å². The zero-order valence-electron chi connectivity index (χ0n) is 12.3. The number of carbonyl (C=O) groups is 1. The summed E-state index contributed by atoms with van der Waals surface area (Å²) >= 11 is 0. The molecule has 1 aromatic rings. The van der Waals surface area contributed by atoms with Gasteiger partial charge in [0.2, 0.25) is 5.91 Å². The van der Waals surface area contributed by atoms with Crippen LogP contribution in [-0.4, -0.2) is 22.9 Å². The highest BCUT2D eigenvalue weighted by molar-refractivity contribution is 5.85. The first-order chi connectivity index (χ1) is 10.0. The SMILES string of the molecule is CCC1NC(c2ccc(F)cc2F)N(C(C)C2CC2)C1=O. The van der Waals surface area contributed by atoms with E-state index in [1.54, 1.807) is 4.90 Å². The minimum Gasteiger partial charge on any atom is -0.318 e. The van der Waals surface area contributed by atoms with Gasteiger partial charge in [0.25, 0.3) is 0 Å². The Balaban J connectivity index is 1.95. The molecule has 1 aliphatic carbocycles. The zero-order chi connectivity index (χ0) is 15.1. The molecule has 1 aliphatic heterocycles. The summed E-state index contributed by atoms with van der Waals surface area (Å²) in [6.07, 6.45) is 2.38. The molecule has 3 nitrogen and oxygen atoms in total. The molecule has 1 N–H and O–H groups in total. The highest BCUT2D eigenvalue weighted by atomic mass is 19.1. The van der Waals surface area contributed by atoms with E-state index in [9.17, 15) is 13.6 Å². The monoisotopic (exact) mass is 294 g/mol. The average molecular weight is 294 g/mol. The van der Waals surface area contributed by atoms with E-state index in [2.05, 4.69) is 5.32 Å². The molecule has 5 heteroatoms. The van der Waals surface area contributed by atoms with Crippen molar-refractivity contribution in [2.75, 3.05) is 0 Å². The van der Waals surface area contributed by atoms with E-state index in [0.29, 0.717) is 17.9 Å². The van der Waals surface area contributed by atoms with Gasteiger partial charge in [-0.05, 0) is 44.2 Å². The lowest BCUT2D eigenvalue weighted by molar-refractivity contribution is -0.132. The molecule has 114 valence electrons. The second-order valence-corrected chi connectivity index (χ2v) is 6.02. The summed E-state index contributed by atoms with van der Waals surface area (Å²) in [5.41, 5.74) is 0.341. The second-order valence-electron chi connectivity index (χ2n) is 6.02. The van der Waals surface area contributed by atoms with Gasteiger partial charge in [-0.3, -0.25) is 10.1 Å². The summed E-state index contributed by atoms with van der Waals surface area (Å²) in [5, 5.41) is 3.19. The maximum absolute atomic E-state index is 14.1. The summed E-state index contributed by atoms with van der Waals surface area (Å²) in [4.78, 5) is 14.3. The van der Waals surface area contributed by atoms with E-state index in [-0.39, 0.29) is 18.0 Å². The smallest absolute Gasteiger partial charge is 0.241 e. The molecule has 0 aromatic heterocycles. The van der Waals surface area contributed by atoms with E-state index in [1.165, 1.54) is 12.1 Å². The van der Waals surface area contributed by atoms with Gasteiger partial charge in [0.05, 0.1) is 6.04 Å². The van der Waals surface area contributed by atoms with Crippen LogP contribution in [0.1, 0.15) is 44.8 Å². The summed E-state index contributed by atoms with van der Waals surface area (Å²) in [6, 6.07) is 3.34. The minimum atomic E-state index is -0.606. The lowest BCUT2D eigenvalue weighted by atomic mass is 10.1. The van der Waals surface area contributed by atoms with E-state index in [0.717, 1.165) is 18.9 Å². The summed E-state index contributed by atoms with van der Waals surface area (Å²) in [5.74, 6) is -0.692. The number of nitrogens with one attached hydrogen (secondary N) is 1. The molecule has 1 saturated carbocycles. The average Bonchev–Trinajstić information content (AvgIpc) is 3.23. The van der Waals surface area contributed by atoms with Crippen LogP contribution in [0.25, 0.3) is 0 Å². The van der Waals surface area contributed by atoms with Gasteiger partial charge in [0.1, 0.15) is 17.8 Å². The number of hydrogen-bond donors (Lipinski definition) is 1. The van der Waals surface area contributed by atoms with Gasteiger partial charge >= 0.3 is 0 Å². The third kappa shape index (κ3) is 2.55. The Bertz CT molecular complexity index is 559. The van der Waals surface area contributed by atoms with Crippen LogP contribution in [0.15, 0.2) is 18.2 Å². The first-order valence-electron chi connectivity index (χ1n) is 7.56. The Kier molecular flexibility index (Phi) is 3.69. The van der Waals surface area contributed by atoms with Crippen LogP contribution in [0, 0.1) is 17.6 Å². The van der Waals surface area contributed by atoms with Gasteiger partial charge in [-0.25, -0.2) is 8.78 Å². The fourth-order valence-electron chi connectivity index (χ4n) is 3.15. The zero-order valence-corrected chi connectivity index (χ0v) is 12.3. The number of nitrogens with zero attached hydrogens (tertiary/aromatic N) is 1. The third-order valence-corrected chi connectivity index (χ3v) is 4.60. The molecule has 1 aromatic carbocycles. The first-order valence-corrected chi connectivity index (χ1v) is 7.56. The molecule has 0 radical (unpaired) electrons. The number of carbonyl (C=O) groups excluding carboxylic acids is 1. The predicted molar refractivity (Wildman–Crippen MR) is 75.3 cm³/mol. The van der Waals surface area contributed by atoms with Crippen LogP contribution in [0.3, 0.4) is 0 Å². The molecule has 1 heterocycles. The van der Waals surface area contributed by atoms with Crippen LogP contribution in [0.4, 0.5) is 8.78 Å². The van der Waals surface area contributed by atoms with E-state index in [4.69, 9.17) is 0 Å². The second kappa shape index (κ2) is 5.37. The largest absolute Gasteiger partial charge is 0.318 e. The van der Waals surface area contributed by atoms with Crippen molar-refractivity contribution in [2.24, 2.45) is 5.92 Å². The Morgan fingerprint density at radius 2 is 2.10 bits per heavy atom. The maximum atomic E-state index is 14.1. The molecule has 3 rings (SSSR count). The van der Waals surface area contributed by atoms with Crippen LogP contribution in [0.2, 0.25) is 0 Å². The van der Waals surface area contributed by atoms with Crippen molar-refractivity contribution < 1.29 is 13.6 Å². The summed E-state index contributed by atoms with van der Waals surface area (Å²) in [7, 11) is 0. The Morgan fingerprint density at radius 3 is 2.67 bits per heavy atom. The van der Waals surface area contributed by atoms with Crippen molar-refractivity contribution in [3.05, 3.63) is 35.4 Å². The van der Waals surface area contributed by atoms with Crippen molar-refractivity contribution in [3.63, 3.8) is 0 Å². The lowest BCUT2D eigenvalue weighted by Gasteiger charge is -2.31. The van der Waals surface area contributed by atoms with Gasteiger partial charge < -0.3 is 4.90 Å². The predicted octanol–water partition coefficient (Wildman–Crippen LogP) is 2.97. The van der Waals surface area contributed by atoms with E-state index in [1.807, 2.05) is 13.8 Å². The van der Waals surface area contributed by atoms with Gasteiger partial charge in [0, 0.05) is 17.7 Å². The molecule has 3 atom stereocenters. The topological polar surface area (TPSA) is 32.3 Å². The first kappa shape index (κ1) is 14.4. The van der Waals surface area contributed by atoms with Crippen LogP contribution in [0.5, 0.6) is 0 Å². The Hall–Kier alpha value is -1.49. The molecular formula is C16H20F2N2O. The number of rotatable bonds is 4. The van der Waals surface area contributed by atoms with Gasteiger partial charge in [-0.2, -0.15) is 0 Å². The van der Waals surface area contributed by atoms with Gasteiger partial charge in [-0.15, -0.1) is 0 Å². The van der Waals surface area contributed by atoms with Crippen LogP contribution in [-0.2, 0) is 4.79 Å². The van der Waals surface area contributed by atoms with Crippen LogP contribution < -0.4 is 5.32 Å². The molecule has 3 unspecified atom stereocenters. The number of halogens is 2. The normalized spacial score (nSPS) is 27.2. The van der Waals surface area contributed by atoms with Crippen molar-refractivity contribution in [3.8, 4) is 0 Å². The summed E-state index contributed by atoms with van der Waals surface area (Å²) < 4.78 is 27.2. The van der Waals surface area contributed by atoms with E-state index >= 15 is 0 Å². The lowest BCUT2D eigenvalue weighted by Crippen LogP contribution is -2.40.